The minimum Gasteiger partial charge on any atom is -0.375 e. The maximum atomic E-state index is 13.4. The molecule has 1 N–H and O–H groups in total. The van der Waals surface area contributed by atoms with Crippen LogP contribution in [0.5, 0.6) is 0 Å². The molecule has 0 unspecified atom stereocenters. The summed E-state index contributed by atoms with van der Waals surface area (Å²) in [6.07, 6.45) is 3.33. The van der Waals surface area contributed by atoms with Crippen LogP contribution in [0.2, 0.25) is 0 Å². The minimum absolute atomic E-state index is 0.262. The highest BCUT2D eigenvalue weighted by Gasteiger charge is 2.02. The average Bonchev–Trinajstić information content (AvgIpc) is 2.32. The molecule has 1 heterocycles. The molecular weight excluding hydrogens is 205 g/mol. The van der Waals surface area contributed by atoms with E-state index in [1.54, 1.807) is 30.6 Å². The molecule has 0 spiro atoms. The molecule has 4 heteroatoms. The van der Waals surface area contributed by atoms with Gasteiger partial charge < -0.3 is 5.32 Å². The van der Waals surface area contributed by atoms with Gasteiger partial charge in [-0.05, 0) is 30.7 Å². The lowest BCUT2D eigenvalue weighted by Gasteiger charge is -2.07. The predicted molar refractivity (Wildman–Crippen MR) is 60.5 cm³/mol. The van der Waals surface area contributed by atoms with Crippen LogP contribution < -0.4 is 5.32 Å². The number of hydrogen-bond donors (Lipinski definition) is 1. The van der Waals surface area contributed by atoms with Gasteiger partial charge in [-0.2, -0.15) is 0 Å². The number of rotatable bonds is 3. The van der Waals surface area contributed by atoms with Crippen LogP contribution in [0.3, 0.4) is 0 Å². The van der Waals surface area contributed by atoms with Gasteiger partial charge in [0, 0.05) is 12.4 Å². The van der Waals surface area contributed by atoms with E-state index in [9.17, 15) is 4.39 Å². The summed E-state index contributed by atoms with van der Waals surface area (Å²) in [4.78, 5) is 8.10. The van der Waals surface area contributed by atoms with Gasteiger partial charge in [-0.1, -0.05) is 6.07 Å². The first-order valence-electron chi connectivity index (χ1n) is 5.01. The topological polar surface area (TPSA) is 37.8 Å². The molecule has 0 radical (unpaired) electrons. The molecule has 0 aliphatic rings. The maximum absolute atomic E-state index is 13.4. The lowest BCUT2D eigenvalue weighted by Crippen LogP contribution is -2.05. The molecular formula is C12H12FN3. The fourth-order valence-corrected chi connectivity index (χ4v) is 1.37. The van der Waals surface area contributed by atoms with Crippen molar-refractivity contribution < 1.29 is 4.39 Å². The molecule has 2 aromatic rings. The Balaban J connectivity index is 2.08. The average molecular weight is 217 g/mol. The van der Waals surface area contributed by atoms with Crippen molar-refractivity contribution in [2.24, 2.45) is 0 Å². The van der Waals surface area contributed by atoms with Gasteiger partial charge >= 0.3 is 0 Å². The summed E-state index contributed by atoms with van der Waals surface area (Å²) < 4.78 is 13.4. The third kappa shape index (κ3) is 2.53. The Kier molecular flexibility index (Phi) is 3.10. The molecule has 0 fully saturated rings. The number of anilines is 1. The van der Waals surface area contributed by atoms with Gasteiger partial charge in [0.1, 0.15) is 11.6 Å². The second-order valence-corrected chi connectivity index (χ2v) is 3.50. The fraction of sp³-hybridized carbons (Fsp3) is 0.167. The zero-order valence-electron chi connectivity index (χ0n) is 8.94. The van der Waals surface area contributed by atoms with E-state index in [2.05, 4.69) is 15.3 Å². The van der Waals surface area contributed by atoms with Gasteiger partial charge in [0.25, 0.3) is 0 Å². The van der Waals surface area contributed by atoms with Gasteiger partial charge in [-0.25, -0.2) is 14.4 Å². The Morgan fingerprint density at radius 3 is 2.75 bits per heavy atom. The van der Waals surface area contributed by atoms with Crippen LogP contribution in [0.25, 0.3) is 0 Å². The number of hydrogen-bond acceptors (Lipinski definition) is 3. The van der Waals surface area contributed by atoms with Crippen molar-refractivity contribution in [3.05, 3.63) is 53.9 Å². The summed E-state index contributed by atoms with van der Waals surface area (Å²) in [5.74, 6) is 0.380. The number of aromatic nitrogens is 2. The van der Waals surface area contributed by atoms with E-state index in [0.717, 1.165) is 5.56 Å². The van der Waals surface area contributed by atoms with Crippen LogP contribution in [0.1, 0.15) is 11.4 Å². The Morgan fingerprint density at radius 2 is 2.00 bits per heavy atom. The molecule has 16 heavy (non-hydrogen) atoms. The SMILES string of the molecule is Cc1ccc(F)c(NCc2ncccn2)c1. The van der Waals surface area contributed by atoms with Gasteiger partial charge in [-0.3, -0.25) is 0 Å². The number of nitrogens with one attached hydrogen (secondary N) is 1. The highest BCUT2D eigenvalue weighted by Crippen LogP contribution is 2.15. The molecule has 0 amide bonds. The third-order valence-electron chi connectivity index (χ3n) is 2.18. The van der Waals surface area contributed by atoms with Crippen LogP contribution in [0, 0.1) is 12.7 Å². The number of benzene rings is 1. The summed E-state index contributed by atoms with van der Waals surface area (Å²) >= 11 is 0. The fourth-order valence-electron chi connectivity index (χ4n) is 1.37. The molecule has 0 bridgehead atoms. The molecule has 0 aliphatic carbocycles. The van der Waals surface area contributed by atoms with Crippen molar-refractivity contribution in [3.8, 4) is 0 Å². The van der Waals surface area contributed by atoms with Crippen molar-refractivity contribution in [2.45, 2.75) is 13.5 Å². The van der Waals surface area contributed by atoms with E-state index in [-0.39, 0.29) is 5.82 Å². The Morgan fingerprint density at radius 1 is 1.25 bits per heavy atom. The van der Waals surface area contributed by atoms with Crippen LogP contribution >= 0.6 is 0 Å². The van der Waals surface area contributed by atoms with Crippen LogP contribution in [-0.4, -0.2) is 9.97 Å². The van der Waals surface area contributed by atoms with E-state index >= 15 is 0 Å². The quantitative estimate of drug-likeness (QED) is 0.858. The normalized spacial score (nSPS) is 10.1. The highest BCUT2D eigenvalue weighted by atomic mass is 19.1. The first kappa shape index (κ1) is 10.5. The molecule has 3 nitrogen and oxygen atoms in total. The number of halogens is 1. The Labute approximate surface area is 93.4 Å². The number of nitrogens with zero attached hydrogens (tertiary/aromatic N) is 2. The van der Waals surface area contributed by atoms with Gasteiger partial charge in [0.2, 0.25) is 0 Å². The predicted octanol–water partition coefficient (Wildman–Crippen LogP) is 2.54. The van der Waals surface area contributed by atoms with Crippen LogP contribution in [0.15, 0.2) is 36.7 Å². The zero-order chi connectivity index (χ0) is 11.4. The largest absolute Gasteiger partial charge is 0.375 e. The van der Waals surface area contributed by atoms with Crippen LogP contribution in [-0.2, 0) is 6.54 Å². The Hall–Kier alpha value is -1.97. The van der Waals surface area contributed by atoms with Crippen molar-refractivity contribution in [3.63, 3.8) is 0 Å². The maximum Gasteiger partial charge on any atom is 0.147 e. The summed E-state index contributed by atoms with van der Waals surface area (Å²) in [7, 11) is 0. The summed E-state index contributed by atoms with van der Waals surface area (Å²) in [6.45, 7) is 2.34. The molecule has 1 aromatic heterocycles. The van der Waals surface area contributed by atoms with E-state index in [1.165, 1.54) is 6.07 Å². The standard InChI is InChI=1S/C12H12FN3/c1-9-3-4-10(13)11(7-9)16-8-12-14-5-2-6-15-12/h2-7,16H,8H2,1H3. The van der Waals surface area contributed by atoms with E-state index in [1.807, 2.05) is 6.92 Å². The molecule has 1 aromatic carbocycles. The van der Waals surface area contributed by atoms with Crippen molar-refractivity contribution in [1.82, 2.24) is 9.97 Å². The lowest BCUT2D eigenvalue weighted by molar-refractivity contribution is 0.629. The highest BCUT2D eigenvalue weighted by molar-refractivity contribution is 5.46. The monoisotopic (exact) mass is 217 g/mol. The first-order chi connectivity index (χ1) is 7.75. The molecule has 0 saturated carbocycles. The van der Waals surface area contributed by atoms with Crippen molar-refractivity contribution in [1.29, 1.82) is 0 Å². The molecule has 0 atom stereocenters. The lowest BCUT2D eigenvalue weighted by atomic mass is 10.2. The van der Waals surface area contributed by atoms with E-state index in [0.29, 0.717) is 18.1 Å². The molecule has 0 saturated heterocycles. The Bertz CT molecular complexity index is 471. The second-order valence-electron chi connectivity index (χ2n) is 3.50. The van der Waals surface area contributed by atoms with Crippen molar-refractivity contribution in [2.75, 3.05) is 5.32 Å². The number of aryl methyl sites for hydroxylation is 1. The second kappa shape index (κ2) is 4.70. The van der Waals surface area contributed by atoms with Crippen molar-refractivity contribution >= 4 is 5.69 Å². The van der Waals surface area contributed by atoms with E-state index < -0.39 is 0 Å². The summed E-state index contributed by atoms with van der Waals surface area (Å²) in [5.41, 5.74) is 1.49. The minimum atomic E-state index is -0.262. The zero-order valence-corrected chi connectivity index (χ0v) is 8.94. The van der Waals surface area contributed by atoms with Gasteiger partial charge in [0.05, 0.1) is 12.2 Å². The van der Waals surface area contributed by atoms with E-state index in [4.69, 9.17) is 0 Å². The van der Waals surface area contributed by atoms with Crippen LogP contribution in [0.4, 0.5) is 10.1 Å². The summed E-state index contributed by atoms with van der Waals surface area (Å²) in [6, 6.07) is 6.69. The van der Waals surface area contributed by atoms with Gasteiger partial charge in [0.15, 0.2) is 0 Å². The summed E-state index contributed by atoms with van der Waals surface area (Å²) in [5, 5.41) is 2.97. The van der Waals surface area contributed by atoms with Gasteiger partial charge in [-0.15, -0.1) is 0 Å². The molecule has 82 valence electrons. The molecule has 2 rings (SSSR count). The third-order valence-corrected chi connectivity index (χ3v) is 2.18. The smallest absolute Gasteiger partial charge is 0.147 e. The first-order valence-corrected chi connectivity index (χ1v) is 5.01. The molecule has 0 aliphatic heterocycles.